The fourth-order valence-corrected chi connectivity index (χ4v) is 5.74. The van der Waals surface area contributed by atoms with Gasteiger partial charge in [0.05, 0.1) is 10.6 Å². The van der Waals surface area contributed by atoms with Gasteiger partial charge in [0.25, 0.3) is 5.91 Å². The molecule has 1 saturated heterocycles. The molecule has 6 nitrogen and oxygen atoms in total. The van der Waals surface area contributed by atoms with Gasteiger partial charge < -0.3 is 0 Å². The van der Waals surface area contributed by atoms with Crippen molar-refractivity contribution in [1.82, 2.24) is 9.29 Å². The van der Waals surface area contributed by atoms with E-state index in [1.807, 2.05) is 36.6 Å². The summed E-state index contributed by atoms with van der Waals surface area (Å²) < 4.78 is 27.0. The van der Waals surface area contributed by atoms with Crippen LogP contribution >= 0.6 is 11.3 Å². The van der Waals surface area contributed by atoms with Crippen LogP contribution < -0.4 is 5.32 Å². The van der Waals surface area contributed by atoms with Crippen molar-refractivity contribution in [3.63, 3.8) is 0 Å². The van der Waals surface area contributed by atoms with Gasteiger partial charge in [0.15, 0.2) is 5.13 Å². The number of sulfonamides is 1. The highest BCUT2D eigenvalue weighted by atomic mass is 32.2. The van der Waals surface area contributed by atoms with E-state index in [1.54, 1.807) is 12.1 Å². The predicted molar refractivity (Wildman–Crippen MR) is 119 cm³/mol. The fraction of sp³-hybridized carbons (Fsp3) is 0.273. The largest absolute Gasteiger partial charge is 0.298 e. The van der Waals surface area contributed by atoms with Crippen LogP contribution in [0, 0.1) is 6.92 Å². The Bertz CT molecular complexity index is 1150. The first-order valence-electron chi connectivity index (χ1n) is 9.88. The SMILES string of the molecule is Cc1ccccc1-c1csc(NC(=O)c2ccc(S(=O)(=O)N3CCCCC3)cc2)n1. The molecule has 1 aromatic heterocycles. The first-order chi connectivity index (χ1) is 14.4. The average molecular weight is 442 g/mol. The highest BCUT2D eigenvalue weighted by Crippen LogP contribution is 2.27. The molecule has 0 unspecified atom stereocenters. The van der Waals surface area contributed by atoms with Crippen LogP contribution in [-0.4, -0.2) is 36.7 Å². The lowest BCUT2D eigenvalue weighted by Crippen LogP contribution is -2.35. The molecule has 2 heterocycles. The van der Waals surface area contributed by atoms with Gasteiger partial charge in [-0.15, -0.1) is 11.3 Å². The summed E-state index contributed by atoms with van der Waals surface area (Å²) >= 11 is 1.36. The minimum atomic E-state index is -3.50. The lowest BCUT2D eigenvalue weighted by molar-refractivity contribution is 0.102. The highest BCUT2D eigenvalue weighted by Gasteiger charge is 2.26. The molecule has 1 N–H and O–H groups in total. The van der Waals surface area contributed by atoms with E-state index in [-0.39, 0.29) is 10.8 Å². The number of aryl methyl sites for hydroxylation is 1. The van der Waals surface area contributed by atoms with Gasteiger partial charge in [0.2, 0.25) is 10.0 Å². The first-order valence-corrected chi connectivity index (χ1v) is 12.2. The van der Waals surface area contributed by atoms with Crippen molar-refractivity contribution in [1.29, 1.82) is 0 Å². The van der Waals surface area contributed by atoms with Crippen molar-refractivity contribution < 1.29 is 13.2 Å². The van der Waals surface area contributed by atoms with Crippen molar-refractivity contribution in [3.05, 3.63) is 65.0 Å². The van der Waals surface area contributed by atoms with Crippen LogP contribution in [0.25, 0.3) is 11.3 Å². The Morgan fingerprint density at radius 1 is 1.03 bits per heavy atom. The number of benzene rings is 2. The fourth-order valence-electron chi connectivity index (χ4n) is 3.52. The molecule has 0 bridgehead atoms. The Hall–Kier alpha value is -2.55. The van der Waals surface area contributed by atoms with Crippen LogP contribution in [-0.2, 0) is 10.0 Å². The third-order valence-electron chi connectivity index (χ3n) is 5.21. The number of rotatable bonds is 5. The van der Waals surface area contributed by atoms with Crippen molar-refractivity contribution >= 4 is 32.4 Å². The Balaban J connectivity index is 1.46. The molecule has 0 atom stereocenters. The number of carbonyl (C=O) groups excluding carboxylic acids is 1. The molecule has 3 aromatic rings. The molecule has 8 heteroatoms. The molecule has 156 valence electrons. The van der Waals surface area contributed by atoms with E-state index in [0.717, 1.165) is 36.1 Å². The summed E-state index contributed by atoms with van der Waals surface area (Å²) in [5.74, 6) is -0.317. The van der Waals surface area contributed by atoms with E-state index in [2.05, 4.69) is 10.3 Å². The molecule has 0 aliphatic carbocycles. The number of hydrogen-bond donors (Lipinski definition) is 1. The van der Waals surface area contributed by atoms with Crippen LogP contribution in [0.2, 0.25) is 0 Å². The van der Waals surface area contributed by atoms with E-state index in [9.17, 15) is 13.2 Å². The van der Waals surface area contributed by atoms with Gasteiger partial charge in [-0.05, 0) is 49.6 Å². The van der Waals surface area contributed by atoms with E-state index < -0.39 is 10.0 Å². The zero-order valence-electron chi connectivity index (χ0n) is 16.7. The molecular formula is C22H23N3O3S2. The van der Waals surface area contributed by atoms with Crippen molar-refractivity contribution in [2.45, 2.75) is 31.1 Å². The Labute approximate surface area is 180 Å². The summed E-state index contributed by atoms with van der Waals surface area (Å²) in [6.45, 7) is 3.13. The summed E-state index contributed by atoms with van der Waals surface area (Å²) in [6.07, 6.45) is 2.84. The molecule has 1 aliphatic rings. The molecule has 0 radical (unpaired) electrons. The number of aromatic nitrogens is 1. The van der Waals surface area contributed by atoms with Crippen LogP contribution in [0.15, 0.2) is 58.8 Å². The maximum absolute atomic E-state index is 12.7. The van der Waals surface area contributed by atoms with Gasteiger partial charge in [0, 0.05) is 29.6 Å². The maximum Gasteiger partial charge on any atom is 0.257 e. The zero-order chi connectivity index (χ0) is 21.1. The van der Waals surface area contributed by atoms with Crippen LogP contribution in [0.3, 0.4) is 0 Å². The second kappa shape index (κ2) is 8.67. The number of thiazole rings is 1. The van der Waals surface area contributed by atoms with Gasteiger partial charge >= 0.3 is 0 Å². The van der Waals surface area contributed by atoms with Gasteiger partial charge in [-0.3, -0.25) is 10.1 Å². The summed E-state index contributed by atoms with van der Waals surface area (Å²) in [6, 6.07) is 14.0. The molecule has 1 amide bonds. The van der Waals surface area contributed by atoms with E-state index in [1.165, 1.54) is 27.8 Å². The third-order valence-corrected chi connectivity index (χ3v) is 7.89. The minimum absolute atomic E-state index is 0.219. The monoisotopic (exact) mass is 441 g/mol. The van der Waals surface area contributed by atoms with E-state index >= 15 is 0 Å². The number of carbonyl (C=O) groups is 1. The third kappa shape index (κ3) is 4.30. The Kier molecular flexibility index (Phi) is 5.99. The number of amides is 1. The first kappa shape index (κ1) is 20.7. The van der Waals surface area contributed by atoms with E-state index in [0.29, 0.717) is 23.8 Å². The Morgan fingerprint density at radius 2 is 1.73 bits per heavy atom. The zero-order valence-corrected chi connectivity index (χ0v) is 18.3. The van der Waals surface area contributed by atoms with Gasteiger partial charge in [0.1, 0.15) is 0 Å². The van der Waals surface area contributed by atoms with Gasteiger partial charge in [-0.2, -0.15) is 4.31 Å². The van der Waals surface area contributed by atoms with Crippen molar-refractivity contribution in [3.8, 4) is 11.3 Å². The molecule has 1 aliphatic heterocycles. The maximum atomic E-state index is 12.7. The normalized spacial score (nSPS) is 15.1. The van der Waals surface area contributed by atoms with Crippen molar-refractivity contribution in [2.75, 3.05) is 18.4 Å². The topological polar surface area (TPSA) is 79.4 Å². The molecule has 0 saturated carbocycles. The number of nitrogens with one attached hydrogen (secondary N) is 1. The van der Waals surface area contributed by atoms with Gasteiger partial charge in [-0.25, -0.2) is 13.4 Å². The Morgan fingerprint density at radius 3 is 2.43 bits per heavy atom. The summed E-state index contributed by atoms with van der Waals surface area (Å²) in [5, 5.41) is 5.21. The molecular weight excluding hydrogens is 418 g/mol. The van der Waals surface area contributed by atoms with E-state index in [4.69, 9.17) is 0 Å². The second-order valence-electron chi connectivity index (χ2n) is 7.30. The second-order valence-corrected chi connectivity index (χ2v) is 10.1. The highest BCUT2D eigenvalue weighted by molar-refractivity contribution is 7.89. The standard InChI is InChI=1S/C22H23N3O3S2/c1-16-7-3-4-8-19(16)20-15-29-22(23-20)24-21(26)17-9-11-18(12-10-17)30(27,28)25-13-5-2-6-14-25/h3-4,7-12,15H,2,5-6,13-14H2,1H3,(H,23,24,26). The number of nitrogens with zero attached hydrogens (tertiary/aromatic N) is 2. The molecule has 1 fully saturated rings. The summed E-state index contributed by atoms with van der Waals surface area (Å²) in [5.41, 5.74) is 3.35. The molecule has 30 heavy (non-hydrogen) atoms. The summed E-state index contributed by atoms with van der Waals surface area (Å²) in [7, 11) is -3.50. The minimum Gasteiger partial charge on any atom is -0.298 e. The lowest BCUT2D eigenvalue weighted by atomic mass is 10.1. The van der Waals surface area contributed by atoms with Crippen molar-refractivity contribution in [2.24, 2.45) is 0 Å². The quantitative estimate of drug-likeness (QED) is 0.630. The van der Waals surface area contributed by atoms with Crippen LogP contribution in [0.5, 0.6) is 0 Å². The smallest absolute Gasteiger partial charge is 0.257 e. The molecule has 0 spiro atoms. The summed E-state index contributed by atoms with van der Waals surface area (Å²) in [4.78, 5) is 17.3. The molecule has 2 aromatic carbocycles. The van der Waals surface area contributed by atoms with Crippen LogP contribution in [0.4, 0.5) is 5.13 Å². The average Bonchev–Trinajstić information content (AvgIpc) is 3.23. The predicted octanol–water partition coefficient (Wildman–Crippen LogP) is 4.55. The number of hydrogen-bond acceptors (Lipinski definition) is 5. The number of anilines is 1. The van der Waals surface area contributed by atoms with Gasteiger partial charge in [-0.1, -0.05) is 30.7 Å². The molecule has 4 rings (SSSR count). The number of piperidine rings is 1. The lowest BCUT2D eigenvalue weighted by Gasteiger charge is -2.25. The van der Waals surface area contributed by atoms with Crippen LogP contribution in [0.1, 0.15) is 35.2 Å².